The lowest BCUT2D eigenvalue weighted by atomic mass is 10.1. The van der Waals surface area contributed by atoms with Crippen LogP contribution in [0.15, 0.2) is 34.1 Å². The van der Waals surface area contributed by atoms with Crippen LogP contribution in [0.2, 0.25) is 0 Å². The van der Waals surface area contributed by atoms with Crippen molar-refractivity contribution in [2.45, 2.75) is 17.1 Å². The number of hydrogen-bond donors (Lipinski definition) is 0. The summed E-state index contributed by atoms with van der Waals surface area (Å²) >= 11 is 1.04. The fourth-order valence-corrected chi connectivity index (χ4v) is 4.12. The minimum atomic E-state index is -3.67. The van der Waals surface area contributed by atoms with E-state index in [1.165, 1.54) is 24.4 Å². The van der Waals surface area contributed by atoms with Crippen molar-refractivity contribution >= 4 is 21.2 Å². The Labute approximate surface area is 123 Å². The molecule has 2 aromatic rings. The minimum Gasteiger partial charge on any atom is -0.395 e. The number of halogens is 2. The molecule has 0 unspecified atom stereocenters. The maximum atomic E-state index is 12.9. The van der Waals surface area contributed by atoms with Crippen LogP contribution < -0.4 is 9.47 Å². The van der Waals surface area contributed by atoms with Crippen LogP contribution >= 0.6 is 11.3 Å². The van der Waals surface area contributed by atoms with Crippen LogP contribution in [0.5, 0.6) is 11.5 Å². The molecule has 0 bridgehead atoms. The molecule has 0 saturated heterocycles. The van der Waals surface area contributed by atoms with Crippen LogP contribution in [0.3, 0.4) is 0 Å². The summed E-state index contributed by atoms with van der Waals surface area (Å²) in [5.41, 5.74) is 0.565. The molecule has 112 valence electrons. The van der Waals surface area contributed by atoms with Gasteiger partial charge in [0.1, 0.15) is 0 Å². The van der Waals surface area contributed by atoms with Crippen molar-refractivity contribution in [3.05, 3.63) is 35.3 Å². The molecular formula is C12H9F2NO4S2. The molecule has 2 heterocycles. The van der Waals surface area contributed by atoms with Crippen molar-refractivity contribution in [3.63, 3.8) is 0 Å². The van der Waals surface area contributed by atoms with Crippen LogP contribution in [-0.4, -0.2) is 25.4 Å². The Morgan fingerprint density at radius 2 is 2.00 bits per heavy atom. The van der Waals surface area contributed by atoms with Gasteiger partial charge < -0.3 is 9.47 Å². The zero-order chi connectivity index (χ0) is 15.1. The number of nitrogens with zero attached hydrogens (tertiary/aromatic N) is 1. The van der Waals surface area contributed by atoms with Gasteiger partial charge in [-0.25, -0.2) is 13.4 Å². The molecule has 1 aliphatic heterocycles. The standard InChI is InChI=1S/C12H9F2NO4S2/c13-12(14)18-9-2-1-8(7-10(9)19-12)3-6-21(16,17)11-15-4-5-20-11/h1-2,4-5,7H,3,6H2. The number of aryl methyl sites for hydroxylation is 1. The number of alkyl halides is 2. The van der Waals surface area contributed by atoms with Gasteiger partial charge in [0.25, 0.3) is 0 Å². The van der Waals surface area contributed by atoms with E-state index in [0.717, 1.165) is 11.3 Å². The lowest BCUT2D eigenvalue weighted by Crippen LogP contribution is -2.25. The number of ether oxygens (including phenoxy) is 2. The number of sulfone groups is 1. The first kappa shape index (κ1) is 14.2. The van der Waals surface area contributed by atoms with E-state index in [2.05, 4.69) is 14.5 Å². The normalized spacial score (nSPS) is 16.1. The fraction of sp³-hybridized carbons (Fsp3) is 0.250. The second-order valence-corrected chi connectivity index (χ2v) is 7.49. The summed E-state index contributed by atoms with van der Waals surface area (Å²) < 4.78 is 58.4. The number of hydrogen-bond acceptors (Lipinski definition) is 6. The van der Waals surface area contributed by atoms with E-state index in [0.29, 0.717) is 5.56 Å². The highest BCUT2D eigenvalue weighted by Gasteiger charge is 2.43. The van der Waals surface area contributed by atoms with Gasteiger partial charge >= 0.3 is 6.29 Å². The maximum absolute atomic E-state index is 12.9. The minimum absolute atomic E-state index is 0.0507. The Hall–Kier alpha value is -1.74. The molecule has 0 atom stereocenters. The predicted molar refractivity (Wildman–Crippen MR) is 70.5 cm³/mol. The molecule has 1 aromatic heterocycles. The molecule has 3 rings (SSSR count). The first-order valence-corrected chi connectivity index (χ1v) is 8.40. The van der Waals surface area contributed by atoms with Gasteiger partial charge in [0, 0.05) is 11.6 Å². The number of fused-ring (bicyclic) bond motifs is 1. The van der Waals surface area contributed by atoms with Gasteiger partial charge in [0.05, 0.1) is 5.75 Å². The zero-order valence-corrected chi connectivity index (χ0v) is 12.1. The Kier molecular flexibility index (Phi) is 3.33. The van der Waals surface area contributed by atoms with Crippen molar-refractivity contribution in [1.82, 2.24) is 4.98 Å². The molecule has 0 amide bonds. The largest absolute Gasteiger partial charge is 0.586 e. The molecule has 0 spiro atoms. The number of rotatable bonds is 4. The van der Waals surface area contributed by atoms with Crippen LogP contribution in [0.1, 0.15) is 5.56 Å². The van der Waals surface area contributed by atoms with Crippen LogP contribution in [0.4, 0.5) is 8.78 Å². The van der Waals surface area contributed by atoms with Gasteiger partial charge in [0.15, 0.2) is 11.5 Å². The Bertz CT molecular complexity index is 760. The second-order valence-electron chi connectivity index (χ2n) is 4.32. The molecule has 5 nitrogen and oxygen atoms in total. The lowest BCUT2D eigenvalue weighted by molar-refractivity contribution is -0.286. The van der Waals surface area contributed by atoms with E-state index in [-0.39, 0.29) is 28.0 Å². The van der Waals surface area contributed by atoms with Crippen molar-refractivity contribution in [2.24, 2.45) is 0 Å². The van der Waals surface area contributed by atoms with Gasteiger partial charge in [-0.2, -0.15) is 0 Å². The monoisotopic (exact) mass is 333 g/mol. The highest BCUT2D eigenvalue weighted by Crippen LogP contribution is 2.41. The summed E-state index contributed by atoms with van der Waals surface area (Å²) in [6.07, 6.45) is -2.09. The zero-order valence-electron chi connectivity index (χ0n) is 10.5. The molecule has 0 aliphatic carbocycles. The Morgan fingerprint density at radius 3 is 2.71 bits per heavy atom. The van der Waals surface area contributed by atoms with Crippen LogP contribution in [0, 0.1) is 0 Å². The summed E-state index contributed by atoms with van der Waals surface area (Å²) in [5, 5.41) is 1.58. The first-order chi connectivity index (χ1) is 9.86. The predicted octanol–water partition coefficient (Wildman–Crippen LogP) is 2.48. The molecular weight excluding hydrogens is 324 g/mol. The van der Waals surface area contributed by atoms with E-state index in [1.807, 2.05) is 0 Å². The van der Waals surface area contributed by atoms with Gasteiger partial charge in [-0.1, -0.05) is 6.07 Å². The Balaban J connectivity index is 1.73. The van der Waals surface area contributed by atoms with E-state index < -0.39 is 16.1 Å². The maximum Gasteiger partial charge on any atom is 0.586 e. The highest BCUT2D eigenvalue weighted by atomic mass is 32.2. The lowest BCUT2D eigenvalue weighted by Gasteiger charge is -2.04. The SMILES string of the molecule is O=S(=O)(CCc1ccc2c(c1)OC(F)(F)O2)c1nccs1. The van der Waals surface area contributed by atoms with Crippen LogP contribution in [0.25, 0.3) is 0 Å². The summed E-state index contributed by atoms with van der Waals surface area (Å²) in [7, 11) is -3.46. The molecule has 21 heavy (non-hydrogen) atoms. The highest BCUT2D eigenvalue weighted by molar-refractivity contribution is 7.93. The van der Waals surface area contributed by atoms with Crippen LogP contribution in [-0.2, 0) is 16.3 Å². The smallest absolute Gasteiger partial charge is 0.395 e. The number of thiazole rings is 1. The fourth-order valence-electron chi connectivity index (χ4n) is 1.85. The molecule has 0 N–H and O–H groups in total. The van der Waals surface area contributed by atoms with Gasteiger partial charge in [0.2, 0.25) is 14.2 Å². The van der Waals surface area contributed by atoms with E-state index >= 15 is 0 Å². The summed E-state index contributed by atoms with van der Waals surface area (Å²) in [6, 6.07) is 4.22. The number of benzene rings is 1. The van der Waals surface area contributed by atoms with Crippen molar-refractivity contribution in [3.8, 4) is 11.5 Å². The van der Waals surface area contributed by atoms with E-state index in [4.69, 9.17) is 0 Å². The molecule has 1 aromatic carbocycles. The average molecular weight is 333 g/mol. The first-order valence-electron chi connectivity index (χ1n) is 5.87. The van der Waals surface area contributed by atoms with E-state index in [9.17, 15) is 17.2 Å². The topological polar surface area (TPSA) is 65.5 Å². The third-order valence-corrected chi connectivity index (χ3v) is 5.80. The molecule has 0 saturated carbocycles. The molecule has 1 aliphatic rings. The summed E-state index contributed by atoms with van der Waals surface area (Å²) in [5.74, 6) is -0.313. The quantitative estimate of drug-likeness (QED) is 0.860. The van der Waals surface area contributed by atoms with Gasteiger partial charge in [-0.15, -0.1) is 20.1 Å². The third-order valence-electron chi connectivity index (χ3n) is 2.80. The van der Waals surface area contributed by atoms with Gasteiger partial charge in [-0.3, -0.25) is 0 Å². The van der Waals surface area contributed by atoms with Crippen molar-refractivity contribution in [1.29, 1.82) is 0 Å². The third kappa shape index (κ3) is 2.98. The number of aromatic nitrogens is 1. The molecule has 9 heteroatoms. The van der Waals surface area contributed by atoms with Crippen molar-refractivity contribution in [2.75, 3.05) is 5.75 Å². The van der Waals surface area contributed by atoms with E-state index in [1.54, 1.807) is 5.38 Å². The summed E-state index contributed by atoms with van der Waals surface area (Å²) in [6.45, 7) is 0. The molecule has 0 radical (unpaired) electrons. The second kappa shape index (κ2) is 4.92. The van der Waals surface area contributed by atoms with Crippen molar-refractivity contribution < 1.29 is 26.7 Å². The summed E-state index contributed by atoms with van der Waals surface area (Å²) in [4.78, 5) is 3.76. The molecule has 0 fully saturated rings. The Morgan fingerprint density at radius 1 is 1.24 bits per heavy atom. The average Bonchev–Trinajstić information content (AvgIpc) is 3.01. The van der Waals surface area contributed by atoms with Gasteiger partial charge in [-0.05, 0) is 24.1 Å².